The summed E-state index contributed by atoms with van der Waals surface area (Å²) >= 11 is 1.95. The highest BCUT2D eigenvalue weighted by Gasteiger charge is 2.53. The zero-order valence-electron chi connectivity index (χ0n) is 16.7. The molecule has 2 aliphatic carbocycles. The Kier molecular flexibility index (Phi) is 6.11. The van der Waals surface area contributed by atoms with Gasteiger partial charge in [-0.3, -0.25) is 9.78 Å². The van der Waals surface area contributed by atoms with E-state index in [0.29, 0.717) is 5.91 Å². The zero-order chi connectivity index (χ0) is 18.7. The lowest BCUT2D eigenvalue weighted by Crippen LogP contribution is -2.41. The van der Waals surface area contributed by atoms with E-state index < -0.39 is 0 Å². The first-order valence-corrected chi connectivity index (χ1v) is 11.9. The predicted molar refractivity (Wildman–Crippen MR) is 112 cm³/mol. The molecule has 1 atom stereocenters. The molecular formula is C23H34N2OS. The maximum atomic E-state index is 13.6. The van der Waals surface area contributed by atoms with Crippen LogP contribution in [0.5, 0.6) is 0 Å². The van der Waals surface area contributed by atoms with Gasteiger partial charge in [-0.05, 0) is 30.7 Å². The van der Waals surface area contributed by atoms with Crippen LogP contribution in [0.3, 0.4) is 0 Å². The third kappa shape index (κ3) is 4.21. The van der Waals surface area contributed by atoms with Crippen LogP contribution in [0.25, 0.3) is 0 Å². The van der Waals surface area contributed by atoms with Gasteiger partial charge in [-0.2, -0.15) is 0 Å². The summed E-state index contributed by atoms with van der Waals surface area (Å²) in [7, 11) is 2.01. The number of pyridine rings is 1. The molecule has 1 unspecified atom stereocenters. The molecule has 4 heteroatoms. The SMILES string of the molecule is CN1C(=O)C(CC2CCCCC2)(CC2CCCCC2)SC1c1cccnc1. The maximum absolute atomic E-state index is 13.6. The maximum Gasteiger partial charge on any atom is 0.239 e. The third-order valence-electron chi connectivity index (χ3n) is 7.05. The van der Waals surface area contributed by atoms with Gasteiger partial charge in [0.05, 0.1) is 4.75 Å². The molecule has 3 fully saturated rings. The highest BCUT2D eigenvalue weighted by Crippen LogP contribution is 2.56. The molecular weight excluding hydrogens is 352 g/mol. The van der Waals surface area contributed by atoms with Crippen LogP contribution in [-0.4, -0.2) is 27.6 Å². The number of thioether (sulfide) groups is 1. The van der Waals surface area contributed by atoms with Crippen LogP contribution in [0, 0.1) is 11.8 Å². The molecule has 1 aromatic rings. The summed E-state index contributed by atoms with van der Waals surface area (Å²) in [6, 6.07) is 4.13. The minimum absolute atomic E-state index is 0.124. The lowest BCUT2D eigenvalue weighted by molar-refractivity contribution is -0.132. The van der Waals surface area contributed by atoms with Crippen molar-refractivity contribution in [1.29, 1.82) is 0 Å². The van der Waals surface area contributed by atoms with Crippen molar-refractivity contribution in [1.82, 2.24) is 9.88 Å². The molecule has 0 radical (unpaired) electrons. The molecule has 3 nitrogen and oxygen atoms in total. The van der Waals surface area contributed by atoms with Gasteiger partial charge in [-0.15, -0.1) is 11.8 Å². The van der Waals surface area contributed by atoms with Crippen LogP contribution in [0.4, 0.5) is 0 Å². The molecule has 4 rings (SSSR count). The lowest BCUT2D eigenvalue weighted by atomic mass is 9.76. The number of carbonyl (C=O) groups excluding carboxylic acids is 1. The van der Waals surface area contributed by atoms with Gasteiger partial charge in [0.25, 0.3) is 0 Å². The highest BCUT2D eigenvalue weighted by atomic mass is 32.2. The van der Waals surface area contributed by atoms with Crippen LogP contribution in [0.15, 0.2) is 24.5 Å². The second-order valence-corrected chi connectivity index (χ2v) is 10.5. The summed E-state index contributed by atoms with van der Waals surface area (Å²) in [5, 5.41) is 0.124. The Labute approximate surface area is 168 Å². The molecule has 148 valence electrons. The Hall–Kier alpha value is -1.03. The van der Waals surface area contributed by atoms with Crippen molar-refractivity contribution < 1.29 is 4.79 Å². The van der Waals surface area contributed by atoms with E-state index in [0.717, 1.165) is 24.7 Å². The number of aromatic nitrogens is 1. The van der Waals surface area contributed by atoms with Crippen molar-refractivity contribution in [3.63, 3.8) is 0 Å². The summed E-state index contributed by atoms with van der Waals surface area (Å²) in [6.45, 7) is 0. The highest BCUT2D eigenvalue weighted by molar-refractivity contribution is 8.02. The molecule has 2 heterocycles. The first kappa shape index (κ1) is 19.3. The quantitative estimate of drug-likeness (QED) is 0.625. The smallest absolute Gasteiger partial charge is 0.239 e. The third-order valence-corrected chi connectivity index (χ3v) is 8.83. The average Bonchev–Trinajstić information content (AvgIpc) is 2.95. The second-order valence-electron chi connectivity index (χ2n) is 9.08. The van der Waals surface area contributed by atoms with Gasteiger partial charge in [-0.1, -0.05) is 70.3 Å². The van der Waals surface area contributed by atoms with E-state index in [4.69, 9.17) is 0 Å². The zero-order valence-corrected chi connectivity index (χ0v) is 17.6. The normalized spacial score (nSPS) is 27.2. The summed E-state index contributed by atoms with van der Waals surface area (Å²) in [5.74, 6) is 1.86. The molecule has 1 amide bonds. The molecule has 3 aliphatic rings. The first-order valence-electron chi connectivity index (χ1n) is 11.0. The van der Waals surface area contributed by atoms with E-state index in [1.165, 1.54) is 69.8 Å². The lowest BCUT2D eigenvalue weighted by Gasteiger charge is -2.36. The molecule has 0 aromatic carbocycles. The van der Waals surface area contributed by atoms with Crippen molar-refractivity contribution in [3.05, 3.63) is 30.1 Å². The molecule has 1 saturated heterocycles. The fourth-order valence-electron chi connectivity index (χ4n) is 5.65. The van der Waals surface area contributed by atoms with Crippen LogP contribution in [0.1, 0.15) is 88.0 Å². The van der Waals surface area contributed by atoms with E-state index in [1.54, 1.807) is 0 Å². The first-order chi connectivity index (χ1) is 13.2. The molecule has 27 heavy (non-hydrogen) atoms. The second kappa shape index (κ2) is 8.55. The summed E-state index contributed by atoms with van der Waals surface area (Å²) in [6.07, 6.45) is 19.4. The standard InChI is InChI=1S/C23H34N2OS/c1-25-21(20-13-8-14-24-17-20)27-23(22(25)26,15-18-9-4-2-5-10-18)16-19-11-6-3-7-12-19/h8,13-14,17-19,21H,2-7,9-12,15-16H2,1H3. The van der Waals surface area contributed by atoms with Gasteiger partial charge in [0, 0.05) is 25.0 Å². The van der Waals surface area contributed by atoms with Crippen LogP contribution < -0.4 is 0 Å². The molecule has 0 spiro atoms. The Bertz CT molecular complexity index is 603. The van der Waals surface area contributed by atoms with Gasteiger partial charge >= 0.3 is 0 Å². The Morgan fingerprint density at radius 2 is 1.63 bits per heavy atom. The minimum atomic E-state index is -0.209. The molecule has 0 bridgehead atoms. The van der Waals surface area contributed by atoms with Gasteiger partial charge in [0.1, 0.15) is 5.37 Å². The Morgan fingerprint density at radius 1 is 1.04 bits per heavy atom. The number of amides is 1. The Balaban J connectivity index is 1.58. The fraction of sp³-hybridized carbons (Fsp3) is 0.739. The van der Waals surface area contributed by atoms with Crippen molar-refractivity contribution >= 4 is 17.7 Å². The summed E-state index contributed by atoms with van der Waals surface area (Å²) in [4.78, 5) is 20.0. The van der Waals surface area contributed by atoms with Crippen molar-refractivity contribution in [2.24, 2.45) is 11.8 Å². The molecule has 1 aliphatic heterocycles. The largest absolute Gasteiger partial charge is 0.328 e. The number of hydrogen-bond donors (Lipinski definition) is 0. The molecule has 2 saturated carbocycles. The Morgan fingerprint density at radius 3 is 2.15 bits per heavy atom. The van der Waals surface area contributed by atoms with E-state index in [1.807, 2.05) is 42.2 Å². The average molecular weight is 387 g/mol. The van der Waals surface area contributed by atoms with Crippen LogP contribution >= 0.6 is 11.8 Å². The summed E-state index contributed by atoms with van der Waals surface area (Å²) in [5.41, 5.74) is 1.17. The minimum Gasteiger partial charge on any atom is -0.328 e. The van der Waals surface area contributed by atoms with E-state index in [9.17, 15) is 4.79 Å². The number of carbonyl (C=O) groups is 1. The van der Waals surface area contributed by atoms with Crippen molar-refractivity contribution in [2.45, 2.75) is 87.2 Å². The fourth-order valence-corrected chi connectivity index (χ4v) is 7.52. The van der Waals surface area contributed by atoms with Gasteiger partial charge in [-0.25, -0.2) is 0 Å². The monoisotopic (exact) mass is 386 g/mol. The summed E-state index contributed by atoms with van der Waals surface area (Å²) < 4.78 is -0.209. The molecule has 0 N–H and O–H groups in total. The van der Waals surface area contributed by atoms with E-state index >= 15 is 0 Å². The van der Waals surface area contributed by atoms with Crippen LogP contribution in [0.2, 0.25) is 0 Å². The van der Waals surface area contributed by atoms with Gasteiger partial charge < -0.3 is 4.90 Å². The predicted octanol–water partition coefficient (Wildman–Crippen LogP) is 5.97. The van der Waals surface area contributed by atoms with Crippen LogP contribution in [-0.2, 0) is 4.79 Å². The van der Waals surface area contributed by atoms with E-state index in [-0.39, 0.29) is 10.1 Å². The molecule has 1 aromatic heterocycles. The van der Waals surface area contributed by atoms with Crippen molar-refractivity contribution in [3.8, 4) is 0 Å². The van der Waals surface area contributed by atoms with Crippen molar-refractivity contribution in [2.75, 3.05) is 7.05 Å². The van der Waals surface area contributed by atoms with E-state index in [2.05, 4.69) is 11.1 Å². The van der Waals surface area contributed by atoms with Gasteiger partial charge in [0.15, 0.2) is 0 Å². The van der Waals surface area contributed by atoms with Gasteiger partial charge in [0.2, 0.25) is 5.91 Å². The topological polar surface area (TPSA) is 33.2 Å². The number of hydrogen-bond acceptors (Lipinski definition) is 3. The number of nitrogens with zero attached hydrogens (tertiary/aromatic N) is 2. The number of rotatable bonds is 5.